The van der Waals surface area contributed by atoms with Crippen LogP contribution in [0.5, 0.6) is 0 Å². The van der Waals surface area contributed by atoms with E-state index < -0.39 is 5.82 Å². The van der Waals surface area contributed by atoms with Crippen LogP contribution in [-0.4, -0.2) is 60.5 Å². The predicted molar refractivity (Wildman–Crippen MR) is 104 cm³/mol. The summed E-state index contributed by atoms with van der Waals surface area (Å²) in [6.07, 6.45) is 0.766. The summed E-state index contributed by atoms with van der Waals surface area (Å²) in [6.45, 7) is 1.93. The van der Waals surface area contributed by atoms with Crippen molar-refractivity contribution in [3.63, 3.8) is 0 Å². The van der Waals surface area contributed by atoms with Gasteiger partial charge in [0.2, 0.25) is 5.91 Å². The topological polar surface area (TPSA) is 55.9 Å². The van der Waals surface area contributed by atoms with Crippen LogP contribution in [0.25, 0.3) is 0 Å². The standard InChI is InChI=1S/C19H21FN4O2S/c1-22-10-17(25)24(14-6-9-27-11-14)13-19(22)7-8-23(12-19)18(26)21-16-5-3-2-4-15(16)20/h2-6,9,11H,7-8,10,12-13H2,1H3,(H,21,26). The van der Waals surface area contributed by atoms with E-state index in [2.05, 4.69) is 10.2 Å². The van der Waals surface area contributed by atoms with Gasteiger partial charge in [-0.15, -0.1) is 0 Å². The first-order valence-electron chi connectivity index (χ1n) is 8.83. The first-order chi connectivity index (χ1) is 13.0. The zero-order valence-electron chi connectivity index (χ0n) is 15.0. The molecule has 2 saturated heterocycles. The number of carbonyl (C=O) groups is 2. The first-order valence-corrected chi connectivity index (χ1v) is 9.77. The molecule has 0 bridgehead atoms. The highest BCUT2D eigenvalue weighted by atomic mass is 32.1. The Bertz CT molecular complexity index is 859. The van der Waals surface area contributed by atoms with E-state index in [1.54, 1.807) is 34.4 Å². The number of carbonyl (C=O) groups excluding carboxylic acids is 2. The van der Waals surface area contributed by atoms with Gasteiger partial charge in [0.1, 0.15) is 5.82 Å². The minimum atomic E-state index is -0.455. The fourth-order valence-electron chi connectivity index (χ4n) is 3.83. The molecule has 8 heteroatoms. The molecule has 2 aliphatic rings. The number of thiophene rings is 1. The third kappa shape index (κ3) is 3.30. The molecule has 0 saturated carbocycles. The van der Waals surface area contributed by atoms with Crippen LogP contribution in [-0.2, 0) is 4.79 Å². The van der Waals surface area contributed by atoms with Gasteiger partial charge in [0.15, 0.2) is 0 Å². The Morgan fingerprint density at radius 1 is 1.26 bits per heavy atom. The molecule has 27 heavy (non-hydrogen) atoms. The van der Waals surface area contributed by atoms with Crippen molar-refractivity contribution in [2.24, 2.45) is 0 Å². The van der Waals surface area contributed by atoms with Gasteiger partial charge in [-0.2, -0.15) is 11.3 Å². The number of anilines is 2. The number of likely N-dealkylation sites (tertiary alicyclic amines) is 1. The summed E-state index contributed by atoms with van der Waals surface area (Å²) in [4.78, 5) is 30.7. The van der Waals surface area contributed by atoms with Gasteiger partial charge in [-0.3, -0.25) is 9.69 Å². The second kappa shape index (κ2) is 6.94. The monoisotopic (exact) mass is 388 g/mol. The lowest BCUT2D eigenvalue weighted by Gasteiger charge is -2.46. The zero-order valence-corrected chi connectivity index (χ0v) is 15.8. The Kier molecular flexibility index (Phi) is 4.61. The van der Waals surface area contributed by atoms with Crippen molar-refractivity contribution in [2.45, 2.75) is 12.0 Å². The van der Waals surface area contributed by atoms with E-state index >= 15 is 0 Å². The number of nitrogens with one attached hydrogen (secondary N) is 1. The molecule has 2 aliphatic heterocycles. The first kappa shape index (κ1) is 17.9. The lowest BCUT2D eigenvalue weighted by Crippen LogP contribution is -2.64. The quantitative estimate of drug-likeness (QED) is 0.861. The van der Waals surface area contributed by atoms with E-state index in [0.717, 1.165) is 12.1 Å². The number of amides is 3. The average molecular weight is 388 g/mol. The van der Waals surface area contributed by atoms with Crippen molar-refractivity contribution in [3.8, 4) is 0 Å². The minimum absolute atomic E-state index is 0.0655. The van der Waals surface area contributed by atoms with Crippen LogP contribution in [0.4, 0.5) is 20.6 Å². The average Bonchev–Trinajstić information content (AvgIpc) is 3.31. The van der Waals surface area contributed by atoms with Gasteiger partial charge in [0.25, 0.3) is 0 Å². The number of likely N-dealkylation sites (N-methyl/N-ethyl adjacent to an activating group) is 1. The molecule has 0 aliphatic carbocycles. The Morgan fingerprint density at radius 2 is 2.07 bits per heavy atom. The maximum atomic E-state index is 13.8. The molecule has 6 nitrogen and oxygen atoms in total. The van der Waals surface area contributed by atoms with Gasteiger partial charge in [-0.05, 0) is 37.0 Å². The summed E-state index contributed by atoms with van der Waals surface area (Å²) in [5, 5.41) is 6.57. The van der Waals surface area contributed by atoms with Gasteiger partial charge in [-0.1, -0.05) is 12.1 Å². The van der Waals surface area contributed by atoms with Gasteiger partial charge in [-0.25, -0.2) is 9.18 Å². The van der Waals surface area contributed by atoms with Crippen LogP contribution in [0.3, 0.4) is 0 Å². The second-order valence-corrected chi connectivity index (χ2v) is 7.90. The van der Waals surface area contributed by atoms with E-state index in [1.165, 1.54) is 6.07 Å². The molecule has 142 valence electrons. The van der Waals surface area contributed by atoms with Crippen LogP contribution in [0.15, 0.2) is 41.1 Å². The number of piperazine rings is 1. The number of rotatable bonds is 2. The number of hydrogen-bond acceptors (Lipinski definition) is 4. The Hall–Kier alpha value is -2.45. The lowest BCUT2D eigenvalue weighted by atomic mass is 9.93. The van der Waals surface area contributed by atoms with Crippen molar-refractivity contribution in [1.29, 1.82) is 0 Å². The van der Waals surface area contributed by atoms with E-state index in [1.807, 2.05) is 28.8 Å². The molecule has 4 rings (SSSR count). The fourth-order valence-corrected chi connectivity index (χ4v) is 4.47. The molecule has 1 aromatic heterocycles. The zero-order chi connectivity index (χ0) is 19.0. The SMILES string of the molecule is CN1CC(=O)N(c2ccsc2)CC12CCN(C(=O)Nc1ccccc1F)C2. The summed E-state index contributed by atoms with van der Waals surface area (Å²) in [5.41, 5.74) is 0.796. The number of benzene rings is 1. The Labute approximate surface area is 161 Å². The van der Waals surface area contributed by atoms with E-state index in [9.17, 15) is 14.0 Å². The van der Waals surface area contributed by atoms with Crippen molar-refractivity contribution in [2.75, 3.05) is 43.4 Å². The second-order valence-electron chi connectivity index (χ2n) is 7.12. The molecule has 1 aromatic carbocycles. The summed E-state index contributed by atoms with van der Waals surface area (Å²) < 4.78 is 13.8. The highest BCUT2D eigenvalue weighted by Gasteiger charge is 2.48. The van der Waals surface area contributed by atoms with Gasteiger partial charge in [0.05, 0.1) is 23.5 Å². The van der Waals surface area contributed by atoms with Gasteiger partial charge < -0.3 is 15.1 Å². The number of urea groups is 1. The molecule has 1 atom stereocenters. The summed E-state index contributed by atoms with van der Waals surface area (Å²) in [7, 11) is 1.93. The van der Waals surface area contributed by atoms with Gasteiger partial charge >= 0.3 is 6.03 Å². The third-order valence-corrected chi connectivity index (χ3v) is 6.16. The van der Waals surface area contributed by atoms with Crippen molar-refractivity contribution in [1.82, 2.24) is 9.80 Å². The number of hydrogen-bond donors (Lipinski definition) is 1. The van der Waals surface area contributed by atoms with E-state index in [-0.39, 0.29) is 23.2 Å². The van der Waals surface area contributed by atoms with Gasteiger partial charge in [0, 0.05) is 25.0 Å². The molecular formula is C19H21FN4O2S. The van der Waals surface area contributed by atoms with Crippen LogP contribution in [0.2, 0.25) is 0 Å². The Balaban J connectivity index is 1.49. The van der Waals surface area contributed by atoms with Crippen molar-refractivity contribution >= 4 is 34.6 Å². The predicted octanol–water partition coefficient (Wildman–Crippen LogP) is 2.84. The number of halogens is 1. The van der Waals surface area contributed by atoms with Crippen LogP contribution in [0.1, 0.15) is 6.42 Å². The highest BCUT2D eigenvalue weighted by molar-refractivity contribution is 7.08. The van der Waals surface area contributed by atoms with E-state index in [4.69, 9.17) is 0 Å². The molecule has 0 radical (unpaired) electrons. The van der Waals surface area contributed by atoms with Crippen molar-refractivity contribution in [3.05, 3.63) is 46.9 Å². The van der Waals surface area contributed by atoms with Crippen LogP contribution >= 0.6 is 11.3 Å². The summed E-state index contributed by atoms with van der Waals surface area (Å²) in [5.74, 6) is -0.389. The molecular weight excluding hydrogens is 367 g/mol. The van der Waals surface area contributed by atoms with E-state index in [0.29, 0.717) is 26.2 Å². The molecule has 2 aromatic rings. The molecule has 1 unspecified atom stereocenters. The smallest absolute Gasteiger partial charge is 0.321 e. The Morgan fingerprint density at radius 3 is 2.81 bits per heavy atom. The summed E-state index contributed by atoms with van der Waals surface area (Å²) in [6, 6.07) is 7.76. The summed E-state index contributed by atoms with van der Waals surface area (Å²) >= 11 is 1.56. The minimum Gasteiger partial charge on any atom is -0.323 e. The maximum absolute atomic E-state index is 13.8. The molecule has 3 heterocycles. The van der Waals surface area contributed by atoms with Crippen LogP contribution < -0.4 is 10.2 Å². The van der Waals surface area contributed by atoms with Crippen LogP contribution in [0, 0.1) is 5.82 Å². The maximum Gasteiger partial charge on any atom is 0.321 e. The highest BCUT2D eigenvalue weighted by Crippen LogP contribution is 2.34. The lowest BCUT2D eigenvalue weighted by molar-refractivity contribution is -0.123. The largest absolute Gasteiger partial charge is 0.323 e. The fraction of sp³-hybridized carbons (Fsp3) is 0.368. The number of nitrogens with zero attached hydrogens (tertiary/aromatic N) is 3. The molecule has 2 fully saturated rings. The number of para-hydroxylation sites is 1. The normalized spacial score (nSPS) is 23.3. The third-order valence-electron chi connectivity index (χ3n) is 5.49. The molecule has 3 amide bonds. The van der Waals surface area contributed by atoms with Crippen molar-refractivity contribution < 1.29 is 14.0 Å². The molecule has 1 N–H and O–H groups in total. The molecule has 1 spiro atoms.